The summed E-state index contributed by atoms with van der Waals surface area (Å²) in [5, 5.41) is 20.9. The van der Waals surface area contributed by atoms with Crippen molar-refractivity contribution in [2.24, 2.45) is 0 Å². The zero-order valence-corrected chi connectivity index (χ0v) is 12.8. The van der Waals surface area contributed by atoms with Crippen molar-refractivity contribution < 1.29 is 24.5 Å². The molecule has 2 aromatic rings. The van der Waals surface area contributed by atoms with Crippen molar-refractivity contribution in [1.82, 2.24) is 0 Å². The van der Waals surface area contributed by atoms with Crippen molar-refractivity contribution in [3.63, 3.8) is 0 Å². The van der Waals surface area contributed by atoms with Gasteiger partial charge in [0.15, 0.2) is 6.61 Å². The molecule has 3 N–H and O–H groups in total. The first-order valence-electron chi connectivity index (χ1n) is 6.93. The topological polar surface area (TPSA) is 95.9 Å². The number of para-hydroxylation sites is 1. The molecular formula is C17H17NO5. The Kier molecular flexibility index (Phi) is 4.85. The second-order valence-corrected chi connectivity index (χ2v) is 5.09. The van der Waals surface area contributed by atoms with Crippen molar-refractivity contribution in [3.8, 4) is 11.5 Å². The molecule has 0 atom stereocenters. The molecule has 6 nitrogen and oxygen atoms in total. The number of carbonyl (C=O) groups excluding carboxylic acids is 1. The van der Waals surface area contributed by atoms with Gasteiger partial charge in [0.25, 0.3) is 5.91 Å². The largest absolute Gasteiger partial charge is 0.507 e. The van der Waals surface area contributed by atoms with Gasteiger partial charge in [-0.3, -0.25) is 4.79 Å². The maximum Gasteiger partial charge on any atom is 0.339 e. The summed E-state index contributed by atoms with van der Waals surface area (Å²) in [5.74, 6) is -1.40. The Labute approximate surface area is 133 Å². The van der Waals surface area contributed by atoms with Gasteiger partial charge >= 0.3 is 5.97 Å². The van der Waals surface area contributed by atoms with Crippen molar-refractivity contribution in [3.05, 3.63) is 53.1 Å². The molecule has 0 bridgehead atoms. The Balaban J connectivity index is 2.03. The van der Waals surface area contributed by atoms with Gasteiger partial charge in [0, 0.05) is 5.69 Å². The Bertz CT molecular complexity index is 734. The summed E-state index contributed by atoms with van der Waals surface area (Å²) in [6, 6.07) is 9.50. The number of carboxylic acids is 1. The average molecular weight is 315 g/mol. The fourth-order valence-electron chi connectivity index (χ4n) is 2.15. The number of anilines is 1. The Morgan fingerprint density at radius 3 is 2.39 bits per heavy atom. The molecule has 120 valence electrons. The standard InChI is InChI=1S/C17H17NO5/c1-10-4-3-5-11(2)16(10)23-9-15(20)18-12-6-7-14(19)13(8-12)17(21)22/h3-8,19H,9H2,1-2H3,(H,18,20)(H,21,22). The number of ether oxygens (including phenoxy) is 1. The third kappa shape index (κ3) is 4.00. The van der Waals surface area contributed by atoms with Crippen molar-refractivity contribution in [1.29, 1.82) is 0 Å². The minimum Gasteiger partial charge on any atom is -0.507 e. The van der Waals surface area contributed by atoms with Crippen molar-refractivity contribution >= 4 is 17.6 Å². The highest BCUT2D eigenvalue weighted by molar-refractivity contribution is 5.96. The number of rotatable bonds is 5. The molecule has 0 saturated heterocycles. The van der Waals surface area contributed by atoms with Crippen LogP contribution in [0.1, 0.15) is 21.5 Å². The van der Waals surface area contributed by atoms with Gasteiger partial charge in [-0.2, -0.15) is 0 Å². The molecule has 0 aliphatic rings. The van der Waals surface area contributed by atoms with Crippen LogP contribution in [0.15, 0.2) is 36.4 Å². The normalized spacial score (nSPS) is 10.2. The third-order valence-corrected chi connectivity index (χ3v) is 3.27. The molecule has 0 aliphatic carbocycles. The fraction of sp³-hybridized carbons (Fsp3) is 0.176. The highest BCUT2D eigenvalue weighted by Crippen LogP contribution is 2.23. The van der Waals surface area contributed by atoms with Crippen LogP contribution in [0, 0.1) is 13.8 Å². The van der Waals surface area contributed by atoms with Crippen LogP contribution in [0.3, 0.4) is 0 Å². The molecule has 0 heterocycles. The average Bonchev–Trinajstić information content (AvgIpc) is 2.48. The zero-order valence-electron chi connectivity index (χ0n) is 12.8. The summed E-state index contributed by atoms with van der Waals surface area (Å²) in [6.45, 7) is 3.58. The van der Waals surface area contributed by atoms with Crippen LogP contribution in [0.2, 0.25) is 0 Å². The number of amides is 1. The minimum atomic E-state index is -1.27. The van der Waals surface area contributed by atoms with Gasteiger partial charge in [-0.25, -0.2) is 4.79 Å². The highest BCUT2D eigenvalue weighted by atomic mass is 16.5. The SMILES string of the molecule is Cc1cccc(C)c1OCC(=O)Nc1ccc(O)c(C(=O)O)c1. The Morgan fingerprint density at radius 1 is 1.13 bits per heavy atom. The number of carboxylic acid groups (broad SMARTS) is 1. The van der Waals surface area contributed by atoms with E-state index >= 15 is 0 Å². The maximum absolute atomic E-state index is 11.9. The lowest BCUT2D eigenvalue weighted by Crippen LogP contribution is -2.20. The lowest BCUT2D eigenvalue weighted by atomic mass is 10.1. The Morgan fingerprint density at radius 2 is 1.78 bits per heavy atom. The number of carbonyl (C=O) groups is 2. The minimum absolute atomic E-state index is 0.199. The lowest BCUT2D eigenvalue weighted by molar-refractivity contribution is -0.118. The second-order valence-electron chi connectivity index (χ2n) is 5.09. The summed E-state index contributed by atoms with van der Waals surface area (Å²) in [5.41, 5.74) is 1.85. The van der Waals surface area contributed by atoms with E-state index < -0.39 is 11.9 Å². The van der Waals surface area contributed by atoms with Crippen LogP contribution in [0.5, 0.6) is 11.5 Å². The van der Waals surface area contributed by atoms with E-state index in [2.05, 4.69) is 5.32 Å². The number of hydrogen-bond donors (Lipinski definition) is 3. The summed E-state index contributed by atoms with van der Waals surface area (Å²) < 4.78 is 5.53. The van der Waals surface area contributed by atoms with E-state index in [1.807, 2.05) is 32.0 Å². The zero-order chi connectivity index (χ0) is 17.0. The molecular weight excluding hydrogens is 298 g/mol. The van der Waals surface area contributed by atoms with Crippen LogP contribution in [-0.4, -0.2) is 28.7 Å². The molecule has 6 heteroatoms. The van der Waals surface area contributed by atoms with Crippen molar-refractivity contribution in [2.45, 2.75) is 13.8 Å². The monoisotopic (exact) mass is 315 g/mol. The van der Waals surface area contributed by atoms with E-state index in [-0.39, 0.29) is 23.6 Å². The number of aromatic carboxylic acids is 1. The summed E-state index contributed by atoms with van der Waals surface area (Å²) in [4.78, 5) is 22.9. The van der Waals surface area contributed by atoms with Crippen LogP contribution in [0.25, 0.3) is 0 Å². The van der Waals surface area contributed by atoms with Gasteiger partial charge in [0.05, 0.1) is 0 Å². The van der Waals surface area contributed by atoms with Gasteiger partial charge in [0.2, 0.25) is 0 Å². The molecule has 0 aromatic heterocycles. The van der Waals surface area contributed by atoms with Gasteiger partial charge in [-0.05, 0) is 43.2 Å². The van der Waals surface area contributed by atoms with E-state index in [1.165, 1.54) is 18.2 Å². The van der Waals surface area contributed by atoms with E-state index in [9.17, 15) is 14.7 Å². The summed E-state index contributed by atoms with van der Waals surface area (Å²) in [7, 11) is 0. The number of nitrogens with one attached hydrogen (secondary N) is 1. The summed E-state index contributed by atoms with van der Waals surface area (Å²) >= 11 is 0. The van der Waals surface area contributed by atoms with Crippen LogP contribution in [0.4, 0.5) is 5.69 Å². The molecule has 0 radical (unpaired) electrons. The molecule has 0 fully saturated rings. The number of hydrogen-bond acceptors (Lipinski definition) is 4. The number of aryl methyl sites for hydroxylation is 2. The summed E-state index contributed by atoms with van der Waals surface area (Å²) in [6.07, 6.45) is 0. The second kappa shape index (κ2) is 6.83. The molecule has 2 aromatic carbocycles. The van der Waals surface area contributed by atoms with Crippen LogP contribution < -0.4 is 10.1 Å². The lowest BCUT2D eigenvalue weighted by Gasteiger charge is -2.12. The predicted octanol–water partition coefficient (Wildman–Crippen LogP) is 2.72. The number of aromatic hydroxyl groups is 1. The maximum atomic E-state index is 11.9. The van der Waals surface area contributed by atoms with E-state index in [4.69, 9.17) is 9.84 Å². The van der Waals surface area contributed by atoms with E-state index in [0.717, 1.165) is 11.1 Å². The Hall–Kier alpha value is -3.02. The molecule has 2 rings (SSSR count). The molecule has 0 spiro atoms. The first-order valence-corrected chi connectivity index (χ1v) is 6.93. The first-order chi connectivity index (χ1) is 10.9. The van der Waals surface area contributed by atoms with Crippen molar-refractivity contribution in [2.75, 3.05) is 11.9 Å². The van der Waals surface area contributed by atoms with E-state index in [0.29, 0.717) is 5.75 Å². The van der Waals surface area contributed by atoms with Crippen LogP contribution >= 0.6 is 0 Å². The number of phenols is 1. The van der Waals surface area contributed by atoms with Gasteiger partial charge in [-0.15, -0.1) is 0 Å². The molecule has 0 unspecified atom stereocenters. The predicted molar refractivity (Wildman–Crippen MR) is 85.1 cm³/mol. The van der Waals surface area contributed by atoms with Gasteiger partial charge < -0.3 is 20.3 Å². The van der Waals surface area contributed by atoms with Gasteiger partial charge in [0.1, 0.15) is 17.1 Å². The highest BCUT2D eigenvalue weighted by Gasteiger charge is 2.12. The third-order valence-electron chi connectivity index (χ3n) is 3.27. The molecule has 0 saturated carbocycles. The smallest absolute Gasteiger partial charge is 0.339 e. The quantitative estimate of drug-likeness (QED) is 0.737. The molecule has 1 amide bonds. The van der Waals surface area contributed by atoms with Gasteiger partial charge in [-0.1, -0.05) is 18.2 Å². The molecule has 23 heavy (non-hydrogen) atoms. The molecule has 0 aliphatic heterocycles. The fourth-order valence-corrected chi connectivity index (χ4v) is 2.15. The van der Waals surface area contributed by atoms with Crippen LogP contribution in [-0.2, 0) is 4.79 Å². The first kappa shape index (κ1) is 16.4. The van der Waals surface area contributed by atoms with E-state index in [1.54, 1.807) is 0 Å². The number of benzene rings is 2.